The normalized spacial score (nSPS) is 38.2. The summed E-state index contributed by atoms with van der Waals surface area (Å²) in [6.45, 7) is 9.96. The Morgan fingerprint density at radius 1 is 1.25 bits per heavy atom. The lowest BCUT2D eigenvalue weighted by Crippen LogP contribution is -2.65. The molecule has 0 radical (unpaired) electrons. The number of rotatable bonds is 1. The molecule has 1 saturated carbocycles. The van der Waals surface area contributed by atoms with Crippen LogP contribution < -0.4 is 5.32 Å². The molecule has 2 fully saturated rings. The van der Waals surface area contributed by atoms with Crippen LogP contribution in [-0.4, -0.2) is 12.1 Å². The van der Waals surface area contributed by atoms with Gasteiger partial charge in [0.15, 0.2) is 0 Å². The highest BCUT2D eigenvalue weighted by atomic mass is 15.1. The minimum absolute atomic E-state index is 0.648. The summed E-state index contributed by atoms with van der Waals surface area (Å²) in [5, 5.41) is 3.54. The molecule has 1 aliphatic carbocycles. The average Bonchev–Trinajstić information content (AvgIpc) is 1.85. The van der Waals surface area contributed by atoms with Gasteiger partial charge in [-0.25, -0.2) is 0 Å². The second-order valence-corrected chi connectivity index (χ2v) is 4.37. The van der Waals surface area contributed by atoms with Crippen molar-refractivity contribution in [3.63, 3.8) is 0 Å². The third kappa shape index (κ3) is 1.66. The topological polar surface area (TPSA) is 12.0 Å². The van der Waals surface area contributed by atoms with Gasteiger partial charge in [0, 0.05) is 5.54 Å². The Hall–Kier alpha value is -0.0400. The summed E-state index contributed by atoms with van der Waals surface area (Å²) >= 11 is 0. The summed E-state index contributed by atoms with van der Waals surface area (Å²) in [4.78, 5) is 0. The highest BCUT2D eigenvalue weighted by molar-refractivity contribution is 5.07. The molecule has 12 heavy (non-hydrogen) atoms. The molecule has 1 heterocycles. The lowest BCUT2D eigenvalue weighted by atomic mass is 9.60. The first-order valence-electron chi connectivity index (χ1n) is 5.47. The zero-order valence-corrected chi connectivity index (χ0v) is 8.98. The van der Waals surface area contributed by atoms with E-state index in [9.17, 15) is 0 Å². The van der Waals surface area contributed by atoms with Crippen LogP contribution in [0.15, 0.2) is 0 Å². The lowest BCUT2D eigenvalue weighted by Gasteiger charge is -2.56. The van der Waals surface area contributed by atoms with Gasteiger partial charge < -0.3 is 5.32 Å². The first kappa shape index (κ1) is 10.0. The van der Waals surface area contributed by atoms with Gasteiger partial charge >= 0.3 is 0 Å². The van der Waals surface area contributed by atoms with Crippen molar-refractivity contribution in [3.05, 3.63) is 0 Å². The molecule has 1 spiro atoms. The molecule has 0 unspecified atom stereocenters. The maximum Gasteiger partial charge on any atom is 0.0199 e. The highest BCUT2D eigenvalue weighted by Gasteiger charge is 2.48. The van der Waals surface area contributed by atoms with E-state index in [4.69, 9.17) is 0 Å². The quantitative estimate of drug-likeness (QED) is 0.636. The van der Waals surface area contributed by atoms with Crippen molar-refractivity contribution < 1.29 is 0 Å². The van der Waals surface area contributed by atoms with E-state index in [1.54, 1.807) is 0 Å². The van der Waals surface area contributed by atoms with E-state index in [1.165, 1.54) is 25.8 Å². The Morgan fingerprint density at radius 3 is 2.00 bits per heavy atom. The van der Waals surface area contributed by atoms with Crippen LogP contribution in [0.25, 0.3) is 0 Å². The number of hydrogen-bond acceptors (Lipinski definition) is 1. The Labute approximate surface area is 76.9 Å². The van der Waals surface area contributed by atoms with Crippen molar-refractivity contribution in [2.45, 2.75) is 52.5 Å². The molecule has 0 aromatic carbocycles. The molecule has 1 aliphatic heterocycles. The second-order valence-electron chi connectivity index (χ2n) is 4.37. The highest BCUT2D eigenvalue weighted by Crippen LogP contribution is 2.47. The SMILES string of the molecule is CC.CC(C)C1CC2(CCN2)C1. The van der Waals surface area contributed by atoms with Gasteiger partial charge in [-0.05, 0) is 37.6 Å². The largest absolute Gasteiger partial charge is 0.311 e. The fraction of sp³-hybridized carbons (Fsp3) is 1.00. The van der Waals surface area contributed by atoms with E-state index in [2.05, 4.69) is 19.2 Å². The van der Waals surface area contributed by atoms with E-state index >= 15 is 0 Å². The van der Waals surface area contributed by atoms with E-state index in [0.29, 0.717) is 5.54 Å². The van der Waals surface area contributed by atoms with E-state index in [0.717, 1.165) is 11.8 Å². The Balaban J connectivity index is 0.000000336. The molecule has 2 aliphatic rings. The molecule has 2 rings (SSSR count). The first-order chi connectivity index (χ1) is 5.72. The van der Waals surface area contributed by atoms with Gasteiger partial charge in [-0.15, -0.1) is 0 Å². The Morgan fingerprint density at radius 2 is 1.75 bits per heavy atom. The second kappa shape index (κ2) is 3.78. The van der Waals surface area contributed by atoms with Crippen LogP contribution in [0.2, 0.25) is 0 Å². The van der Waals surface area contributed by atoms with Gasteiger partial charge in [0.2, 0.25) is 0 Å². The van der Waals surface area contributed by atoms with Gasteiger partial charge in [0.05, 0.1) is 0 Å². The van der Waals surface area contributed by atoms with Crippen molar-refractivity contribution >= 4 is 0 Å². The molecule has 0 bridgehead atoms. The molecule has 1 N–H and O–H groups in total. The smallest absolute Gasteiger partial charge is 0.0199 e. The summed E-state index contributed by atoms with van der Waals surface area (Å²) in [6.07, 6.45) is 4.34. The zero-order valence-electron chi connectivity index (χ0n) is 8.98. The van der Waals surface area contributed by atoms with Crippen LogP contribution >= 0.6 is 0 Å². The van der Waals surface area contributed by atoms with Crippen molar-refractivity contribution in [2.75, 3.05) is 6.54 Å². The Kier molecular flexibility index (Phi) is 3.16. The van der Waals surface area contributed by atoms with Gasteiger partial charge in [-0.1, -0.05) is 27.7 Å². The summed E-state index contributed by atoms with van der Waals surface area (Å²) < 4.78 is 0. The van der Waals surface area contributed by atoms with Gasteiger partial charge in [-0.3, -0.25) is 0 Å². The third-order valence-corrected chi connectivity index (χ3v) is 3.35. The summed E-state index contributed by atoms with van der Waals surface area (Å²) in [5.74, 6) is 1.93. The summed E-state index contributed by atoms with van der Waals surface area (Å²) in [5.41, 5.74) is 0.648. The van der Waals surface area contributed by atoms with Crippen molar-refractivity contribution in [1.29, 1.82) is 0 Å². The van der Waals surface area contributed by atoms with Crippen LogP contribution in [0.4, 0.5) is 0 Å². The lowest BCUT2D eigenvalue weighted by molar-refractivity contribution is 0.0159. The predicted octanol–water partition coefficient (Wildman–Crippen LogP) is 2.81. The standard InChI is InChI=1S/C9H17N.C2H6/c1-7(2)8-5-9(6-8)3-4-10-9;1-2/h7-8,10H,3-6H2,1-2H3;1-2H3. The molecule has 0 aromatic rings. The maximum atomic E-state index is 3.54. The molecule has 1 heteroatoms. The monoisotopic (exact) mass is 169 g/mol. The molecule has 1 saturated heterocycles. The van der Waals surface area contributed by atoms with Gasteiger partial charge in [0.1, 0.15) is 0 Å². The van der Waals surface area contributed by atoms with Crippen LogP contribution in [0.1, 0.15) is 47.0 Å². The Bertz CT molecular complexity index is 128. The molecule has 1 nitrogen and oxygen atoms in total. The van der Waals surface area contributed by atoms with Crippen molar-refractivity contribution in [2.24, 2.45) is 11.8 Å². The van der Waals surface area contributed by atoms with Crippen molar-refractivity contribution in [3.8, 4) is 0 Å². The fourth-order valence-corrected chi connectivity index (χ4v) is 2.24. The molecule has 0 amide bonds. The van der Waals surface area contributed by atoms with E-state index in [-0.39, 0.29) is 0 Å². The number of nitrogens with one attached hydrogen (secondary N) is 1. The van der Waals surface area contributed by atoms with Gasteiger partial charge in [0.25, 0.3) is 0 Å². The van der Waals surface area contributed by atoms with Crippen LogP contribution in [0.5, 0.6) is 0 Å². The third-order valence-electron chi connectivity index (χ3n) is 3.35. The molecule has 0 atom stereocenters. The van der Waals surface area contributed by atoms with E-state index in [1.807, 2.05) is 13.8 Å². The summed E-state index contributed by atoms with van der Waals surface area (Å²) in [7, 11) is 0. The molecule has 72 valence electrons. The first-order valence-corrected chi connectivity index (χ1v) is 5.47. The number of hydrogen-bond donors (Lipinski definition) is 1. The molecular weight excluding hydrogens is 146 g/mol. The zero-order chi connectivity index (χ0) is 9.19. The van der Waals surface area contributed by atoms with Gasteiger partial charge in [-0.2, -0.15) is 0 Å². The van der Waals surface area contributed by atoms with Crippen molar-refractivity contribution in [1.82, 2.24) is 5.32 Å². The van der Waals surface area contributed by atoms with Crippen LogP contribution in [0, 0.1) is 11.8 Å². The van der Waals surface area contributed by atoms with Crippen LogP contribution in [0.3, 0.4) is 0 Å². The maximum absolute atomic E-state index is 3.54. The molecular formula is C11H23N. The van der Waals surface area contributed by atoms with E-state index < -0.39 is 0 Å². The minimum Gasteiger partial charge on any atom is -0.311 e. The van der Waals surface area contributed by atoms with Crippen LogP contribution in [-0.2, 0) is 0 Å². The summed E-state index contributed by atoms with van der Waals surface area (Å²) in [6, 6.07) is 0. The average molecular weight is 169 g/mol. The fourth-order valence-electron chi connectivity index (χ4n) is 2.24. The minimum atomic E-state index is 0.648. The molecule has 0 aromatic heterocycles. The predicted molar refractivity (Wildman–Crippen MR) is 54.3 cm³/mol.